The number of hydrogen-bond acceptors (Lipinski definition) is 2. The molecule has 0 bridgehead atoms. The van der Waals surface area contributed by atoms with Gasteiger partial charge in [0.2, 0.25) is 0 Å². The van der Waals surface area contributed by atoms with E-state index in [0.29, 0.717) is 17.7 Å². The average molecular weight is 287 g/mol. The van der Waals surface area contributed by atoms with E-state index in [0.717, 1.165) is 12.8 Å². The molecule has 1 saturated heterocycles. The maximum Gasteiger partial charge on any atom is 0.171 e. The molecule has 1 atom stereocenters. The van der Waals surface area contributed by atoms with Crippen LogP contribution in [0.25, 0.3) is 0 Å². The minimum atomic E-state index is -0.468. The Labute approximate surface area is 102 Å². The maximum absolute atomic E-state index is 13.6. The third-order valence-electron chi connectivity index (χ3n) is 2.73. The molecular weight excluding hydrogens is 275 g/mol. The number of carbonyl (C=O) groups is 1. The van der Waals surface area contributed by atoms with Crippen LogP contribution in [0.1, 0.15) is 23.2 Å². The Bertz CT molecular complexity index is 400. The van der Waals surface area contributed by atoms with Gasteiger partial charge in [0, 0.05) is 17.0 Å². The van der Waals surface area contributed by atoms with Crippen LogP contribution in [0, 0.1) is 11.7 Å². The molecule has 86 valence electrons. The highest BCUT2D eigenvalue weighted by molar-refractivity contribution is 9.10. The second-order valence-electron chi connectivity index (χ2n) is 3.90. The second-order valence-corrected chi connectivity index (χ2v) is 4.82. The molecular formula is C12H12BrFO2. The van der Waals surface area contributed by atoms with E-state index >= 15 is 0 Å². The largest absolute Gasteiger partial charge is 0.381 e. The highest BCUT2D eigenvalue weighted by Crippen LogP contribution is 2.22. The molecule has 0 radical (unpaired) electrons. The van der Waals surface area contributed by atoms with Crippen LogP contribution in [0.5, 0.6) is 0 Å². The van der Waals surface area contributed by atoms with E-state index in [4.69, 9.17) is 4.74 Å². The Morgan fingerprint density at radius 3 is 2.94 bits per heavy atom. The van der Waals surface area contributed by atoms with Crippen molar-refractivity contribution < 1.29 is 13.9 Å². The molecule has 0 spiro atoms. The summed E-state index contributed by atoms with van der Waals surface area (Å²) in [5.41, 5.74) is 0.165. The van der Waals surface area contributed by atoms with E-state index in [1.54, 1.807) is 6.07 Å². The van der Waals surface area contributed by atoms with Crippen LogP contribution in [-0.2, 0) is 4.74 Å². The summed E-state index contributed by atoms with van der Waals surface area (Å²) in [5.74, 6) is -0.806. The number of hydrogen-bond donors (Lipinski definition) is 0. The van der Waals surface area contributed by atoms with Gasteiger partial charge < -0.3 is 4.74 Å². The summed E-state index contributed by atoms with van der Waals surface area (Å²) in [6.07, 6.45) is 1.66. The fourth-order valence-corrected chi connectivity index (χ4v) is 2.19. The summed E-state index contributed by atoms with van der Waals surface area (Å²) in [7, 11) is 0. The van der Waals surface area contributed by atoms with Crippen LogP contribution in [0.2, 0.25) is 0 Å². The Morgan fingerprint density at radius 1 is 1.50 bits per heavy atom. The number of ketones is 1. The topological polar surface area (TPSA) is 26.3 Å². The van der Waals surface area contributed by atoms with E-state index < -0.39 is 5.82 Å². The van der Waals surface area contributed by atoms with Crippen molar-refractivity contribution in [3.8, 4) is 0 Å². The highest BCUT2D eigenvalue weighted by Gasteiger charge is 2.24. The molecule has 1 aromatic carbocycles. The number of carbonyl (C=O) groups excluding carboxylic acids is 1. The van der Waals surface area contributed by atoms with Crippen molar-refractivity contribution in [1.82, 2.24) is 0 Å². The van der Waals surface area contributed by atoms with Crippen molar-refractivity contribution in [2.75, 3.05) is 13.2 Å². The van der Waals surface area contributed by atoms with Gasteiger partial charge in [0.05, 0.1) is 12.2 Å². The summed E-state index contributed by atoms with van der Waals surface area (Å²) in [6, 6.07) is 4.52. The number of halogens is 2. The van der Waals surface area contributed by atoms with Crippen LogP contribution in [0.15, 0.2) is 22.7 Å². The lowest BCUT2D eigenvalue weighted by atomic mass is 9.92. The van der Waals surface area contributed by atoms with Crippen molar-refractivity contribution in [1.29, 1.82) is 0 Å². The van der Waals surface area contributed by atoms with Gasteiger partial charge in [-0.3, -0.25) is 4.79 Å². The first-order valence-corrected chi connectivity index (χ1v) is 6.05. The number of benzene rings is 1. The SMILES string of the molecule is O=C(c1ccc(Br)cc1F)C1CCCOC1. The standard InChI is InChI=1S/C12H12BrFO2/c13-9-3-4-10(11(14)6-9)12(15)8-2-1-5-16-7-8/h3-4,6,8H,1-2,5,7H2. The Hall–Kier alpha value is -0.740. The van der Waals surface area contributed by atoms with E-state index in [1.165, 1.54) is 12.1 Å². The number of rotatable bonds is 2. The molecule has 2 rings (SSSR count). The Balaban J connectivity index is 2.19. The molecule has 16 heavy (non-hydrogen) atoms. The van der Waals surface area contributed by atoms with E-state index in [-0.39, 0.29) is 17.3 Å². The molecule has 0 aromatic heterocycles. The lowest BCUT2D eigenvalue weighted by Crippen LogP contribution is -2.25. The lowest BCUT2D eigenvalue weighted by Gasteiger charge is -2.21. The molecule has 1 aliphatic rings. The smallest absolute Gasteiger partial charge is 0.171 e. The number of ether oxygens (including phenoxy) is 1. The predicted molar refractivity (Wildman–Crippen MR) is 62.0 cm³/mol. The van der Waals surface area contributed by atoms with Crippen molar-refractivity contribution >= 4 is 21.7 Å². The van der Waals surface area contributed by atoms with Gasteiger partial charge in [-0.05, 0) is 31.0 Å². The first-order chi connectivity index (χ1) is 7.68. The average Bonchev–Trinajstić information content (AvgIpc) is 2.29. The number of Topliss-reactive ketones (excluding diaryl/α,β-unsaturated/α-hetero) is 1. The van der Waals surface area contributed by atoms with Crippen molar-refractivity contribution in [3.63, 3.8) is 0 Å². The zero-order chi connectivity index (χ0) is 11.5. The summed E-state index contributed by atoms with van der Waals surface area (Å²) in [6.45, 7) is 1.11. The van der Waals surface area contributed by atoms with Gasteiger partial charge in [0.25, 0.3) is 0 Å². The van der Waals surface area contributed by atoms with Gasteiger partial charge >= 0.3 is 0 Å². The fourth-order valence-electron chi connectivity index (χ4n) is 1.86. The summed E-state index contributed by atoms with van der Waals surface area (Å²) in [5, 5.41) is 0. The first kappa shape index (κ1) is 11.7. The van der Waals surface area contributed by atoms with Crippen LogP contribution in [-0.4, -0.2) is 19.0 Å². The normalized spacial score (nSPS) is 20.8. The molecule has 0 amide bonds. The van der Waals surface area contributed by atoms with E-state index in [2.05, 4.69) is 15.9 Å². The van der Waals surface area contributed by atoms with Gasteiger partial charge in [-0.1, -0.05) is 15.9 Å². The molecule has 1 unspecified atom stereocenters. The van der Waals surface area contributed by atoms with Gasteiger partial charge in [-0.25, -0.2) is 4.39 Å². The second kappa shape index (κ2) is 5.06. The third-order valence-corrected chi connectivity index (χ3v) is 3.22. The maximum atomic E-state index is 13.6. The Morgan fingerprint density at radius 2 is 2.31 bits per heavy atom. The summed E-state index contributed by atoms with van der Waals surface area (Å²) in [4.78, 5) is 12.0. The van der Waals surface area contributed by atoms with Gasteiger partial charge in [-0.2, -0.15) is 0 Å². The summed E-state index contributed by atoms with van der Waals surface area (Å²) < 4.78 is 19.4. The molecule has 1 aliphatic heterocycles. The van der Waals surface area contributed by atoms with Crippen molar-refractivity contribution in [2.24, 2.45) is 5.92 Å². The van der Waals surface area contributed by atoms with Crippen molar-refractivity contribution in [3.05, 3.63) is 34.1 Å². The van der Waals surface area contributed by atoms with Gasteiger partial charge in [-0.15, -0.1) is 0 Å². The quantitative estimate of drug-likeness (QED) is 0.781. The van der Waals surface area contributed by atoms with Gasteiger partial charge in [0.15, 0.2) is 5.78 Å². The van der Waals surface area contributed by atoms with E-state index in [9.17, 15) is 9.18 Å². The molecule has 2 nitrogen and oxygen atoms in total. The Kier molecular flexibility index (Phi) is 3.71. The molecule has 0 saturated carbocycles. The molecule has 1 fully saturated rings. The van der Waals surface area contributed by atoms with Crippen LogP contribution in [0.3, 0.4) is 0 Å². The monoisotopic (exact) mass is 286 g/mol. The summed E-state index contributed by atoms with van der Waals surface area (Å²) >= 11 is 3.17. The predicted octanol–water partition coefficient (Wildman–Crippen LogP) is 3.20. The third kappa shape index (κ3) is 2.50. The van der Waals surface area contributed by atoms with Crippen LogP contribution < -0.4 is 0 Å². The first-order valence-electron chi connectivity index (χ1n) is 5.25. The molecule has 0 aliphatic carbocycles. The van der Waals surface area contributed by atoms with Crippen molar-refractivity contribution in [2.45, 2.75) is 12.8 Å². The zero-order valence-electron chi connectivity index (χ0n) is 8.71. The highest BCUT2D eigenvalue weighted by atomic mass is 79.9. The van der Waals surface area contributed by atoms with Crippen LogP contribution >= 0.6 is 15.9 Å². The fraction of sp³-hybridized carbons (Fsp3) is 0.417. The molecule has 4 heteroatoms. The van der Waals surface area contributed by atoms with E-state index in [1.807, 2.05) is 0 Å². The van der Waals surface area contributed by atoms with Gasteiger partial charge in [0.1, 0.15) is 5.82 Å². The van der Waals surface area contributed by atoms with Crippen LogP contribution in [0.4, 0.5) is 4.39 Å². The molecule has 0 N–H and O–H groups in total. The minimum Gasteiger partial charge on any atom is -0.381 e. The molecule has 1 aromatic rings. The lowest BCUT2D eigenvalue weighted by molar-refractivity contribution is 0.0459. The molecule has 1 heterocycles. The zero-order valence-corrected chi connectivity index (χ0v) is 10.3. The minimum absolute atomic E-state index is 0.148.